The third-order valence-corrected chi connectivity index (χ3v) is 3.99. The number of rotatable bonds is 2. The van der Waals surface area contributed by atoms with Crippen molar-refractivity contribution in [3.05, 3.63) is 0 Å². The summed E-state index contributed by atoms with van der Waals surface area (Å²) in [6, 6.07) is 0. The van der Waals surface area contributed by atoms with Crippen LogP contribution in [0.5, 0.6) is 0 Å². The van der Waals surface area contributed by atoms with Crippen molar-refractivity contribution in [2.75, 3.05) is 0 Å². The van der Waals surface area contributed by atoms with Gasteiger partial charge in [0.05, 0.1) is 0 Å². The molecule has 0 heterocycles. The van der Waals surface area contributed by atoms with Gasteiger partial charge in [-0.2, -0.15) is 0 Å². The molecule has 0 aromatic heterocycles. The Labute approximate surface area is 118 Å². The van der Waals surface area contributed by atoms with Crippen LogP contribution in [0.15, 0.2) is 0 Å². The predicted molar refractivity (Wildman–Crippen MR) is 80.7 cm³/mol. The molecule has 0 saturated carbocycles. The zero-order valence-corrected chi connectivity index (χ0v) is 16.5. The van der Waals surface area contributed by atoms with Crippen LogP contribution in [0, 0.1) is 0 Å². The lowest BCUT2D eigenvalue weighted by Gasteiger charge is -2.20. The van der Waals surface area contributed by atoms with Gasteiger partial charge in [-0.3, -0.25) is 0 Å². The van der Waals surface area contributed by atoms with Gasteiger partial charge in [0, 0.05) is 8.07 Å². The van der Waals surface area contributed by atoms with Crippen molar-refractivity contribution in [1.29, 1.82) is 0 Å². The maximum Gasteiger partial charge on any atom is 0.668 e. The second-order valence-corrected chi connectivity index (χ2v) is 19.8. The Balaban J connectivity index is -0.000000219. The summed E-state index contributed by atoms with van der Waals surface area (Å²) in [5.74, 6) is 0. The Morgan fingerprint density at radius 1 is 0.579 bits per heavy atom. The van der Waals surface area contributed by atoms with Crippen LogP contribution in [0.3, 0.4) is 0 Å². The number of hydrogen-bond donors (Lipinski definition) is 7. The fraction of sp³-hybridized carbons (Fsp3) is 1.00. The molecule has 0 bridgehead atoms. The van der Waals surface area contributed by atoms with E-state index in [-0.39, 0.29) is 0 Å². The summed E-state index contributed by atoms with van der Waals surface area (Å²) < 4.78 is 4.57. The molecule has 0 unspecified atom stereocenters. The lowest BCUT2D eigenvalue weighted by Crippen LogP contribution is -2.47. The van der Waals surface area contributed by atoms with E-state index in [0.717, 1.165) is 0 Å². The maximum absolute atomic E-state index is 8.42. The molecule has 120 valence electrons. The highest BCUT2D eigenvalue weighted by molar-refractivity contribution is 6.77. The van der Waals surface area contributed by atoms with Gasteiger partial charge in [0.15, 0.2) is 8.32 Å². The van der Waals surface area contributed by atoms with Gasteiger partial charge in [-0.05, 0) is 19.6 Å². The summed E-state index contributed by atoms with van der Waals surface area (Å²) in [6.45, 7) is 14.6. The molecule has 0 aromatic rings. The minimum absolute atomic E-state index is 0.611. The van der Waals surface area contributed by atoms with E-state index in [9.17, 15) is 0 Å². The quantitative estimate of drug-likeness (QED) is 0.300. The van der Waals surface area contributed by atoms with Gasteiger partial charge in [-0.1, -0.05) is 26.2 Å². The van der Waals surface area contributed by atoms with Crippen LogP contribution in [-0.4, -0.2) is 68.1 Å². The summed E-state index contributed by atoms with van der Waals surface area (Å²) in [5.41, 5.74) is 0. The van der Waals surface area contributed by atoms with Crippen molar-refractivity contribution < 1.29 is 37.7 Å². The minimum Gasteiger partial charge on any atom is -0.395 e. The van der Waals surface area contributed by atoms with E-state index >= 15 is 0 Å². The molecule has 0 saturated heterocycles. The molecule has 0 amide bonds. The zero-order chi connectivity index (χ0) is 16.7. The summed E-state index contributed by atoms with van der Waals surface area (Å²) in [7, 11) is -11.4. The van der Waals surface area contributed by atoms with Crippen molar-refractivity contribution in [1.82, 2.24) is 0 Å². The van der Waals surface area contributed by atoms with Crippen molar-refractivity contribution >= 4 is 34.5 Å². The van der Waals surface area contributed by atoms with E-state index in [1.807, 2.05) is 0 Å². The Hall–Kier alpha value is 0.548. The number of hydrogen-bond acceptors (Lipinski definition) is 8. The molecule has 0 aliphatic carbocycles. The largest absolute Gasteiger partial charge is 0.668 e. The molecule has 19 heavy (non-hydrogen) atoms. The van der Waals surface area contributed by atoms with Gasteiger partial charge in [0.1, 0.15) is 0 Å². The fourth-order valence-electron chi connectivity index (χ4n) is 0.411. The smallest absolute Gasteiger partial charge is 0.395 e. The second kappa shape index (κ2) is 8.75. The van der Waals surface area contributed by atoms with Gasteiger partial charge in [-0.25, -0.2) is 0 Å². The SMILES string of the molecule is C[Si](C)(C)C.C[Si](C)(C)O[Si](O)(O)O.O[Si](O)(O)O. The van der Waals surface area contributed by atoms with Gasteiger partial charge >= 0.3 is 18.1 Å². The third-order valence-electron chi connectivity index (χ3n) is 0.443. The molecule has 7 N–H and O–H groups in total. The molecular formula is C7H28O8Si4. The first-order valence-corrected chi connectivity index (χ1v) is 16.4. The lowest BCUT2D eigenvalue weighted by atomic mass is 11.8. The molecule has 0 radical (unpaired) electrons. The molecule has 12 heteroatoms. The minimum atomic E-state index is -4.61. The zero-order valence-electron chi connectivity index (χ0n) is 12.5. The molecule has 0 aliphatic heterocycles. The first-order chi connectivity index (χ1) is 7.71. The van der Waals surface area contributed by atoms with Gasteiger partial charge in [0.2, 0.25) is 0 Å². The van der Waals surface area contributed by atoms with Crippen LogP contribution >= 0.6 is 0 Å². The van der Waals surface area contributed by atoms with E-state index in [0.29, 0.717) is 0 Å². The average Bonchev–Trinajstić information content (AvgIpc) is 1.63. The second-order valence-electron chi connectivity index (χ2n) is 6.39. The molecular weight excluding hydrogens is 324 g/mol. The van der Waals surface area contributed by atoms with Crippen LogP contribution in [0.2, 0.25) is 45.8 Å². The Kier molecular flexibility index (Phi) is 11.3. The van der Waals surface area contributed by atoms with Gasteiger partial charge in [0.25, 0.3) is 0 Å². The fourth-order valence-corrected chi connectivity index (χ4v) is 3.70. The van der Waals surface area contributed by atoms with Crippen LogP contribution in [0.1, 0.15) is 0 Å². The van der Waals surface area contributed by atoms with Crippen LogP contribution in [0.25, 0.3) is 0 Å². The van der Waals surface area contributed by atoms with E-state index in [1.54, 1.807) is 19.6 Å². The van der Waals surface area contributed by atoms with E-state index in [1.165, 1.54) is 0 Å². The molecule has 0 fully saturated rings. The lowest BCUT2D eigenvalue weighted by molar-refractivity contribution is 0.117. The molecule has 0 spiro atoms. The topological polar surface area (TPSA) is 151 Å². The van der Waals surface area contributed by atoms with Gasteiger partial charge in [-0.15, -0.1) is 0 Å². The molecule has 0 aliphatic rings. The van der Waals surface area contributed by atoms with Crippen molar-refractivity contribution in [3.63, 3.8) is 0 Å². The Bertz CT molecular complexity index is 187. The van der Waals surface area contributed by atoms with E-state index in [4.69, 9.17) is 33.6 Å². The first kappa shape index (κ1) is 24.6. The monoisotopic (exact) mass is 352 g/mol. The van der Waals surface area contributed by atoms with E-state index < -0.39 is 34.5 Å². The summed E-state index contributed by atoms with van der Waals surface area (Å²) >= 11 is 0. The summed E-state index contributed by atoms with van der Waals surface area (Å²) in [4.78, 5) is 54.6. The highest BCUT2D eigenvalue weighted by Gasteiger charge is 2.36. The van der Waals surface area contributed by atoms with Gasteiger partial charge < -0.3 is 37.7 Å². The van der Waals surface area contributed by atoms with Crippen molar-refractivity contribution in [2.45, 2.75) is 45.8 Å². The van der Waals surface area contributed by atoms with Crippen LogP contribution in [0.4, 0.5) is 0 Å². The Morgan fingerprint density at radius 2 is 0.737 bits per heavy atom. The van der Waals surface area contributed by atoms with E-state index in [2.05, 4.69) is 30.3 Å². The summed E-state index contributed by atoms with van der Waals surface area (Å²) in [6.07, 6.45) is 0. The Morgan fingerprint density at radius 3 is 0.737 bits per heavy atom. The molecule has 0 rings (SSSR count). The highest BCUT2D eigenvalue weighted by atomic mass is 28.5. The molecule has 0 aromatic carbocycles. The van der Waals surface area contributed by atoms with Crippen LogP contribution < -0.4 is 0 Å². The highest BCUT2D eigenvalue weighted by Crippen LogP contribution is 2.06. The average molecular weight is 353 g/mol. The van der Waals surface area contributed by atoms with Crippen molar-refractivity contribution in [2.24, 2.45) is 0 Å². The normalized spacial score (nSPS) is 12.9. The standard InChI is InChI=1S/C4H12Si.C3H12O4Si2.H4O4Si/c1-5(2,3)4;1-8(2,3)7-9(4,5)6;1-5(2,3)4/h1-4H3;4-6H,1-3H3;1-4H. The van der Waals surface area contributed by atoms with Crippen molar-refractivity contribution in [3.8, 4) is 0 Å². The van der Waals surface area contributed by atoms with Crippen LogP contribution in [-0.2, 0) is 4.12 Å². The third kappa shape index (κ3) is 118. The molecule has 8 nitrogen and oxygen atoms in total. The maximum atomic E-state index is 8.42. The summed E-state index contributed by atoms with van der Waals surface area (Å²) in [5, 5.41) is 0. The molecule has 0 atom stereocenters. The first-order valence-electron chi connectivity index (χ1n) is 5.47. The predicted octanol–water partition coefficient (Wildman–Crippen LogP) is -1.40.